The fourth-order valence-corrected chi connectivity index (χ4v) is 3.54. The molecule has 0 atom stereocenters. The molecule has 8 heteroatoms. The van der Waals surface area contributed by atoms with Gasteiger partial charge in [-0.3, -0.25) is 4.79 Å². The Bertz CT molecular complexity index is 945. The molecule has 1 amide bonds. The number of nitrogens with two attached hydrogens (primary N) is 1. The number of nitrogens with zero attached hydrogens (tertiary/aromatic N) is 2. The highest BCUT2D eigenvalue weighted by Gasteiger charge is 2.21. The Hall–Kier alpha value is -3.42. The number of carbonyl (C=O) groups excluding carboxylic acids is 1. The second-order valence-corrected chi connectivity index (χ2v) is 7.22. The third-order valence-corrected chi connectivity index (χ3v) is 5.04. The number of nitrogens with one attached hydrogen (secondary N) is 1. The molecule has 0 spiro atoms. The van der Waals surface area contributed by atoms with Crippen LogP contribution in [0.25, 0.3) is 0 Å². The van der Waals surface area contributed by atoms with Crippen molar-refractivity contribution in [2.24, 2.45) is 10.7 Å². The number of ether oxygens (including phenoxy) is 3. The van der Waals surface area contributed by atoms with Gasteiger partial charge in [0.05, 0.1) is 20.8 Å². The number of hydrogen-bond donors (Lipinski definition) is 2. The van der Waals surface area contributed by atoms with Gasteiger partial charge in [-0.1, -0.05) is 12.1 Å². The molecule has 1 aliphatic heterocycles. The fourth-order valence-electron chi connectivity index (χ4n) is 3.54. The minimum Gasteiger partial charge on any atom is -0.493 e. The standard InChI is InChI=1S/C23H30N4O4/c1-4-25-23(26-13-16-6-5-7-19(10-16)31-15-22(24)28)27-9-8-17-11-20(29-2)21(30-3)12-18(17)14-27/h5-7,10-12H,4,8-9,13-15H2,1-3H3,(H2,24,28)(H,25,26). The monoisotopic (exact) mass is 426 g/mol. The number of methoxy groups -OCH3 is 2. The maximum atomic E-state index is 10.9. The van der Waals surface area contributed by atoms with Crippen LogP contribution in [0.3, 0.4) is 0 Å². The largest absolute Gasteiger partial charge is 0.493 e. The third kappa shape index (κ3) is 5.81. The van der Waals surface area contributed by atoms with Gasteiger partial charge in [-0.2, -0.15) is 0 Å². The van der Waals surface area contributed by atoms with Crippen LogP contribution in [-0.4, -0.2) is 50.7 Å². The van der Waals surface area contributed by atoms with Crippen molar-refractivity contribution >= 4 is 11.9 Å². The van der Waals surface area contributed by atoms with E-state index in [2.05, 4.69) is 23.2 Å². The number of amides is 1. The lowest BCUT2D eigenvalue weighted by Gasteiger charge is -2.32. The van der Waals surface area contributed by atoms with Crippen LogP contribution >= 0.6 is 0 Å². The first-order valence-corrected chi connectivity index (χ1v) is 10.3. The smallest absolute Gasteiger partial charge is 0.255 e. The Labute approximate surface area is 183 Å². The van der Waals surface area contributed by atoms with Gasteiger partial charge in [0.25, 0.3) is 5.91 Å². The molecule has 31 heavy (non-hydrogen) atoms. The number of primary amides is 1. The summed E-state index contributed by atoms with van der Waals surface area (Å²) in [6, 6.07) is 11.6. The zero-order chi connectivity index (χ0) is 22.2. The Morgan fingerprint density at radius 1 is 1.16 bits per heavy atom. The van der Waals surface area contributed by atoms with E-state index in [1.165, 1.54) is 11.1 Å². The average molecular weight is 427 g/mol. The molecular weight excluding hydrogens is 396 g/mol. The molecule has 8 nitrogen and oxygen atoms in total. The second kappa shape index (κ2) is 10.6. The Kier molecular flexibility index (Phi) is 7.59. The summed E-state index contributed by atoms with van der Waals surface area (Å²) in [5.41, 5.74) is 8.61. The molecule has 2 aromatic rings. The molecule has 1 aliphatic rings. The number of aliphatic imine (C=N–C) groups is 1. The van der Waals surface area contributed by atoms with Crippen molar-refractivity contribution in [1.29, 1.82) is 0 Å². The van der Waals surface area contributed by atoms with Crippen molar-refractivity contribution in [2.75, 3.05) is 33.9 Å². The van der Waals surface area contributed by atoms with Gasteiger partial charge >= 0.3 is 0 Å². The van der Waals surface area contributed by atoms with Gasteiger partial charge in [-0.05, 0) is 54.3 Å². The highest BCUT2D eigenvalue weighted by atomic mass is 16.5. The van der Waals surface area contributed by atoms with Crippen molar-refractivity contribution in [3.63, 3.8) is 0 Å². The topological polar surface area (TPSA) is 98.4 Å². The van der Waals surface area contributed by atoms with E-state index in [1.807, 2.05) is 24.3 Å². The number of hydrogen-bond acceptors (Lipinski definition) is 5. The zero-order valence-electron chi connectivity index (χ0n) is 18.3. The summed E-state index contributed by atoms with van der Waals surface area (Å²) in [5.74, 6) is 2.44. The first-order chi connectivity index (χ1) is 15.0. The maximum absolute atomic E-state index is 10.9. The van der Waals surface area contributed by atoms with E-state index < -0.39 is 5.91 Å². The number of rotatable bonds is 8. The van der Waals surface area contributed by atoms with E-state index >= 15 is 0 Å². The molecule has 0 aromatic heterocycles. The number of benzene rings is 2. The molecule has 3 N–H and O–H groups in total. The van der Waals surface area contributed by atoms with Gasteiger partial charge in [-0.15, -0.1) is 0 Å². The summed E-state index contributed by atoms with van der Waals surface area (Å²) in [5, 5.41) is 3.39. The van der Waals surface area contributed by atoms with Crippen molar-refractivity contribution in [1.82, 2.24) is 10.2 Å². The maximum Gasteiger partial charge on any atom is 0.255 e. The lowest BCUT2D eigenvalue weighted by Crippen LogP contribution is -2.44. The molecule has 0 aliphatic carbocycles. The molecule has 3 rings (SSSR count). The number of guanidine groups is 1. The molecular formula is C23H30N4O4. The molecule has 0 radical (unpaired) electrons. The van der Waals surface area contributed by atoms with Crippen molar-refractivity contribution in [2.45, 2.75) is 26.4 Å². The van der Waals surface area contributed by atoms with Crippen LogP contribution in [0, 0.1) is 0 Å². The van der Waals surface area contributed by atoms with Gasteiger partial charge in [0.2, 0.25) is 0 Å². The van der Waals surface area contributed by atoms with Crippen LogP contribution in [0.15, 0.2) is 41.4 Å². The predicted molar refractivity (Wildman–Crippen MR) is 120 cm³/mol. The summed E-state index contributed by atoms with van der Waals surface area (Å²) < 4.78 is 16.3. The molecule has 0 fully saturated rings. The van der Waals surface area contributed by atoms with Crippen LogP contribution in [0.2, 0.25) is 0 Å². The second-order valence-electron chi connectivity index (χ2n) is 7.22. The van der Waals surface area contributed by atoms with Crippen molar-refractivity contribution < 1.29 is 19.0 Å². The van der Waals surface area contributed by atoms with Crippen LogP contribution < -0.4 is 25.3 Å². The van der Waals surface area contributed by atoms with Crippen LogP contribution in [0.5, 0.6) is 17.2 Å². The summed E-state index contributed by atoms with van der Waals surface area (Å²) in [4.78, 5) is 18.0. The molecule has 1 heterocycles. The summed E-state index contributed by atoms with van der Waals surface area (Å²) in [7, 11) is 3.31. The average Bonchev–Trinajstić information content (AvgIpc) is 2.79. The highest BCUT2D eigenvalue weighted by molar-refractivity contribution is 5.80. The van der Waals surface area contributed by atoms with E-state index in [9.17, 15) is 4.79 Å². The van der Waals surface area contributed by atoms with Gasteiger partial charge in [-0.25, -0.2) is 4.99 Å². The van der Waals surface area contributed by atoms with E-state index in [4.69, 9.17) is 24.9 Å². The van der Waals surface area contributed by atoms with Gasteiger partial charge < -0.3 is 30.2 Å². The van der Waals surface area contributed by atoms with Crippen LogP contribution in [-0.2, 0) is 24.3 Å². The molecule has 166 valence electrons. The zero-order valence-corrected chi connectivity index (χ0v) is 18.3. The minimum atomic E-state index is -0.502. The molecule has 0 unspecified atom stereocenters. The Morgan fingerprint density at radius 3 is 2.58 bits per heavy atom. The van der Waals surface area contributed by atoms with Crippen LogP contribution in [0.4, 0.5) is 0 Å². The Morgan fingerprint density at radius 2 is 1.90 bits per heavy atom. The lowest BCUT2D eigenvalue weighted by molar-refractivity contribution is -0.119. The first kappa shape index (κ1) is 22.3. The van der Waals surface area contributed by atoms with E-state index in [-0.39, 0.29) is 6.61 Å². The molecule has 0 bridgehead atoms. The van der Waals surface area contributed by atoms with Crippen molar-refractivity contribution in [3.8, 4) is 17.2 Å². The van der Waals surface area contributed by atoms with Crippen LogP contribution in [0.1, 0.15) is 23.6 Å². The quantitative estimate of drug-likeness (QED) is 0.495. The molecule has 0 saturated heterocycles. The minimum absolute atomic E-state index is 0.142. The lowest BCUT2D eigenvalue weighted by atomic mass is 9.99. The van der Waals surface area contributed by atoms with E-state index in [0.717, 1.165) is 49.1 Å². The number of fused-ring (bicyclic) bond motifs is 1. The van der Waals surface area contributed by atoms with Gasteiger partial charge in [0, 0.05) is 19.6 Å². The Balaban J connectivity index is 1.74. The highest BCUT2D eigenvalue weighted by Crippen LogP contribution is 2.33. The summed E-state index contributed by atoms with van der Waals surface area (Å²) in [6.07, 6.45) is 0.899. The predicted octanol–water partition coefficient (Wildman–Crippen LogP) is 2.09. The van der Waals surface area contributed by atoms with Gasteiger partial charge in [0.15, 0.2) is 24.1 Å². The van der Waals surface area contributed by atoms with E-state index in [1.54, 1.807) is 20.3 Å². The number of carbonyl (C=O) groups is 1. The summed E-state index contributed by atoms with van der Waals surface area (Å²) >= 11 is 0. The normalized spacial score (nSPS) is 13.4. The molecule has 2 aromatic carbocycles. The van der Waals surface area contributed by atoms with Crippen molar-refractivity contribution in [3.05, 3.63) is 53.1 Å². The fraction of sp³-hybridized carbons (Fsp3) is 0.391. The molecule has 0 saturated carbocycles. The summed E-state index contributed by atoms with van der Waals surface area (Å²) in [6.45, 7) is 4.77. The van der Waals surface area contributed by atoms with E-state index in [0.29, 0.717) is 12.3 Å². The third-order valence-electron chi connectivity index (χ3n) is 5.04. The first-order valence-electron chi connectivity index (χ1n) is 10.3. The van der Waals surface area contributed by atoms with Gasteiger partial charge in [0.1, 0.15) is 5.75 Å². The SMILES string of the molecule is CCNC(=NCc1cccc(OCC(N)=O)c1)N1CCc2cc(OC)c(OC)cc2C1.